The van der Waals surface area contributed by atoms with E-state index in [1.54, 1.807) is 17.1 Å². The summed E-state index contributed by atoms with van der Waals surface area (Å²) >= 11 is 5.71. The van der Waals surface area contributed by atoms with Gasteiger partial charge in [0.2, 0.25) is 5.91 Å². The lowest BCUT2D eigenvalue weighted by atomic mass is 10.3. The van der Waals surface area contributed by atoms with Gasteiger partial charge in [-0.3, -0.25) is 9.48 Å². The van der Waals surface area contributed by atoms with Crippen molar-refractivity contribution in [3.8, 4) is 0 Å². The maximum absolute atomic E-state index is 11.1. The molecule has 15 heavy (non-hydrogen) atoms. The molecule has 0 saturated heterocycles. The van der Waals surface area contributed by atoms with Crippen LogP contribution in [0.15, 0.2) is 12.4 Å². The molecule has 0 unspecified atom stereocenters. The number of rotatable bonds is 6. The van der Waals surface area contributed by atoms with Crippen LogP contribution in [-0.2, 0) is 11.3 Å². The topological polar surface area (TPSA) is 46.9 Å². The second kappa shape index (κ2) is 6.45. The average molecular weight is 230 g/mol. The van der Waals surface area contributed by atoms with E-state index in [0.29, 0.717) is 18.0 Å². The van der Waals surface area contributed by atoms with E-state index in [1.807, 2.05) is 6.92 Å². The van der Waals surface area contributed by atoms with E-state index in [4.69, 9.17) is 11.6 Å². The zero-order valence-electron chi connectivity index (χ0n) is 8.87. The molecule has 1 rings (SSSR count). The molecule has 1 aromatic heterocycles. The van der Waals surface area contributed by atoms with Crippen molar-refractivity contribution in [2.75, 3.05) is 6.54 Å². The summed E-state index contributed by atoms with van der Waals surface area (Å²) in [6.45, 7) is 3.46. The SMILES string of the molecule is CCCC(=O)NCCCn1cc(Cl)cn1. The lowest BCUT2D eigenvalue weighted by Gasteiger charge is -2.04. The lowest BCUT2D eigenvalue weighted by molar-refractivity contribution is -0.121. The Hall–Kier alpha value is -1.03. The summed E-state index contributed by atoms with van der Waals surface area (Å²) < 4.78 is 1.77. The predicted molar refractivity (Wildman–Crippen MR) is 59.8 cm³/mol. The van der Waals surface area contributed by atoms with Crippen LogP contribution in [0.25, 0.3) is 0 Å². The summed E-state index contributed by atoms with van der Waals surface area (Å²) in [7, 11) is 0. The van der Waals surface area contributed by atoms with Gasteiger partial charge in [-0.1, -0.05) is 18.5 Å². The second-order valence-electron chi connectivity index (χ2n) is 3.38. The minimum Gasteiger partial charge on any atom is -0.356 e. The van der Waals surface area contributed by atoms with E-state index in [2.05, 4.69) is 10.4 Å². The molecule has 4 nitrogen and oxygen atoms in total. The standard InChI is InChI=1S/C10H16ClN3O/c1-2-4-10(15)12-5-3-6-14-8-9(11)7-13-14/h7-8H,2-6H2,1H3,(H,12,15). The molecule has 0 aliphatic rings. The molecule has 1 N–H and O–H groups in total. The molecular formula is C10H16ClN3O. The van der Waals surface area contributed by atoms with Gasteiger partial charge in [0, 0.05) is 25.7 Å². The molecule has 0 aliphatic carbocycles. The zero-order chi connectivity index (χ0) is 11.1. The first-order valence-electron chi connectivity index (χ1n) is 5.17. The summed E-state index contributed by atoms with van der Waals surface area (Å²) in [6.07, 6.45) is 5.74. The van der Waals surface area contributed by atoms with Gasteiger partial charge in [0.25, 0.3) is 0 Å². The van der Waals surface area contributed by atoms with E-state index in [9.17, 15) is 4.79 Å². The van der Waals surface area contributed by atoms with Crippen LogP contribution in [0, 0.1) is 0 Å². The highest BCUT2D eigenvalue weighted by molar-refractivity contribution is 6.30. The van der Waals surface area contributed by atoms with Crippen molar-refractivity contribution < 1.29 is 4.79 Å². The van der Waals surface area contributed by atoms with Gasteiger partial charge in [-0.25, -0.2) is 0 Å². The van der Waals surface area contributed by atoms with Gasteiger partial charge in [-0.15, -0.1) is 0 Å². The Balaban J connectivity index is 2.09. The van der Waals surface area contributed by atoms with Crippen molar-refractivity contribution >= 4 is 17.5 Å². The smallest absolute Gasteiger partial charge is 0.219 e. The van der Waals surface area contributed by atoms with Crippen molar-refractivity contribution in [3.63, 3.8) is 0 Å². The van der Waals surface area contributed by atoms with Gasteiger partial charge in [0.1, 0.15) is 0 Å². The number of carbonyl (C=O) groups is 1. The van der Waals surface area contributed by atoms with Crippen molar-refractivity contribution in [2.45, 2.75) is 32.7 Å². The van der Waals surface area contributed by atoms with E-state index in [1.165, 1.54) is 0 Å². The van der Waals surface area contributed by atoms with Gasteiger partial charge in [0.05, 0.1) is 11.2 Å². The van der Waals surface area contributed by atoms with Crippen molar-refractivity contribution in [3.05, 3.63) is 17.4 Å². The average Bonchev–Trinajstić information content (AvgIpc) is 2.60. The molecule has 1 amide bonds. The molecule has 5 heteroatoms. The van der Waals surface area contributed by atoms with Gasteiger partial charge in [-0.2, -0.15) is 5.10 Å². The van der Waals surface area contributed by atoms with E-state index in [-0.39, 0.29) is 5.91 Å². The largest absolute Gasteiger partial charge is 0.356 e. The van der Waals surface area contributed by atoms with Crippen LogP contribution in [-0.4, -0.2) is 22.2 Å². The van der Waals surface area contributed by atoms with Crippen LogP contribution < -0.4 is 5.32 Å². The van der Waals surface area contributed by atoms with Gasteiger partial charge in [0.15, 0.2) is 0 Å². The normalized spacial score (nSPS) is 10.3. The minimum atomic E-state index is 0.121. The fourth-order valence-corrected chi connectivity index (χ4v) is 1.40. The Labute approximate surface area is 94.6 Å². The molecule has 0 bridgehead atoms. The Morgan fingerprint density at radius 2 is 2.47 bits per heavy atom. The molecule has 0 radical (unpaired) electrons. The third kappa shape index (κ3) is 4.83. The van der Waals surface area contributed by atoms with Crippen LogP contribution in [0.5, 0.6) is 0 Å². The highest BCUT2D eigenvalue weighted by Gasteiger charge is 1.98. The molecule has 1 aromatic rings. The van der Waals surface area contributed by atoms with Crippen LogP contribution in [0.3, 0.4) is 0 Å². The van der Waals surface area contributed by atoms with E-state index >= 15 is 0 Å². The highest BCUT2D eigenvalue weighted by Crippen LogP contribution is 2.04. The van der Waals surface area contributed by atoms with Crippen LogP contribution in [0.2, 0.25) is 5.02 Å². The number of nitrogens with zero attached hydrogens (tertiary/aromatic N) is 2. The fourth-order valence-electron chi connectivity index (χ4n) is 1.24. The second-order valence-corrected chi connectivity index (χ2v) is 3.81. The maximum atomic E-state index is 11.1. The van der Waals surface area contributed by atoms with Crippen molar-refractivity contribution in [2.24, 2.45) is 0 Å². The van der Waals surface area contributed by atoms with Crippen molar-refractivity contribution in [1.29, 1.82) is 0 Å². The number of aryl methyl sites for hydroxylation is 1. The van der Waals surface area contributed by atoms with Crippen molar-refractivity contribution in [1.82, 2.24) is 15.1 Å². The molecule has 0 saturated carbocycles. The maximum Gasteiger partial charge on any atom is 0.219 e. The number of nitrogens with one attached hydrogen (secondary N) is 1. The summed E-state index contributed by atoms with van der Waals surface area (Å²) in [4.78, 5) is 11.1. The summed E-state index contributed by atoms with van der Waals surface area (Å²) in [5, 5.41) is 7.53. The van der Waals surface area contributed by atoms with Crippen LogP contribution in [0.1, 0.15) is 26.2 Å². The van der Waals surface area contributed by atoms with Gasteiger partial charge >= 0.3 is 0 Å². The number of halogens is 1. The van der Waals surface area contributed by atoms with Gasteiger partial charge < -0.3 is 5.32 Å². The summed E-state index contributed by atoms with van der Waals surface area (Å²) in [6, 6.07) is 0. The lowest BCUT2D eigenvalue weighted by Crippen LogP contribution is -2.24. The number of hydrogen-bond acceptors (Lipinski definition) is 2. The fraction of sp³-hybridized carbons (Fsp3) is 0.600. The Kier molecular flexibility index (Phi) is 5.18. The van der Waals surface area contributed by atoms with Crippen LogP contribution >= 0.6 is 11.6 Å². The molecule has 1 heterocycles. The Morgan fingerprint density at radius 3 is 3.07 bits per heavy atom. The summed E-state index contributed by atoms with van der Waals surface area (Å²) in [5.74, 6) is 0.121. The first kappa shape index (κ1) is 12.0. The Bertz CT molecular complexity index is 311. The molecule has 0 aromatic carbocycles. The number of aromatic nitrogens is 2. The molecule has 84 valence electrons. The number of amides is 1. The number of carbonyl (C=O) groups excluding carboxylic acids is 1. The minimum absolute atomic E-state index is 0.121. The highest BCUT2D eigenvalue weighted by atomic mass is 35.5. The number of hydrogen-bond donors (Lipinski definition) is 1. The first-order chi connectivity index (χ1) is 7.22. The quantitative estimate of drug-likeness (QED) is 0.757. The zero-order valence-corrected chi connectivity index (χ0v) is 9.63. The third-order valence-corrected chi connectivity index (χ3v) is 2.16. The first-order valence-corrected chi connectivity index (χ1v) is 5.55. The van der Waals surface area contributed by atoms with E-state index < -0.39 is 0 Å². The molecule has 0 fully saturated rings. The molecular weight excluding hydrogens is 214 g/mol. The predicted octanol–water partition coefficient (Wildman–Crippen LogP) is 1.84. The Morgan fingerprint density at radius 1 is 1.67 bits per heavy atom. The van der Waals surface area contributed by atoms with Gasteiger partial charge in [-0.05, 0) is 12.8 Å². The van der Waals surface area contributed by atoms with E-state index in [0.717, 1.165) is 19.4 Å². The molecule has 0 spiro atoms. The summed E-state index contributed by atoms with van der Waals surface area (Å²) in [5.41, 5.74) is 0. The monoisotopic (exact) mass is 229 g/mol. The molecule has 0 atom stereocenters. The third-order valence-electron chi connectivity index (χ3n) is 1.96. The molecule has 0 aliphatic heterocycles. The van der Waals surface area contributed by atoms with Crippen LogP contribution in [0.4, 0.5) is 0 Å².